The van der Waals surface area contributed by atoms with Gasteiger partial charge in [0.1, 0.15) is 0 Å². The van der Waals surface area contributed by atoms with Crippen LogP contribution in [-0.2, 0) is 26.0 Å². The van der Waals surface area contributed by atoms with Gasteiger partial charge in [0.05, 0.1) is 18.1 Å². The van der Waals surface area contributed by atoms with Crippen molar-refractivity contribution in [3.8, 4) is 0 Å². The largest absolute Gasteiger partial charge is 0.379 e. The number of benzene rings is 1. The second-order valence-electron chi connectivity index (χ2n) is 7.90. The normalized spacial score (nSPS) is 19.2. The number of nitrogens with one attached hydrogen (secondary N) is 2. The van der Waals surface area contributed by atoms with E-state index in [4.69, 9.17) is 4.74 Å². The molecule has 3 rings (SSSR count). The van der Waals surface area contributed by atoms with Gasteiger partial charge in [-0.2, -0.15) is 0 Å². The summed E-state index contributed by atoms with van der Waals surface area (Å²) < 4.78 is 33.2. The first-order valence-electron chi connectivity index (χ1n) is 10.7. The molecule has 7 nitrogen and oxygen atoms in total. The second-order valence-corrected chi connectivity index (χ2v) is 9.62. The molecule has 29 heavy (non-hydrogen) atoms. The van der Waals surface area contributed by atoms with E-state index in [0.717, 1.165) is 64.1 Å². The molecule has 0 bridgehead atoms. The molecule has 2 aliphatic rings. The van der Waals surface area contributed by atoms with Crippen molar-refractivity contribution in [3.63, 3.8) is 0 Å². The van der Waals surface area contributed by atoms with Crippen LogP contribution in [0.1, 0.15) is 44.1 Å². The Kier molecular flexibility index (Phi) is 8.47. The van der Waals surface area contributed by atoms with E-state index < -0.39 is 10.0 Å². The van der Waals surface area contributed by atoms with Gasteiger partial charge >= 0.3 is 0 Å². The van der Waals surface area contributed by atoms with Gasteiger partial charge in [0.25, 0.3) is 0 Å². The van der Waals surface area contributed by atoms with Crippen LogP contribution in [0.5, 0.6) is 0 Å². The molecule has 1 aromatic carbocycles. The number of aryl methyl sites for hydroxylation is 1. The number of morpholine rings is 1. The Morgan fingerprint density at radius 1 is 1.07 bits per heavy atom. The summed E-state index contributed by atoms with van der Waals surface area (Å²) in [6, 6.07) is 6.93. The van der Waals surface area contributed by atoms with Gasteiger partial charge in [-0.25, -0.2) is 13.1 Å². The van der Waals surface area contributed by atoms with E-state index in [1.165, 1.54) is 6.42 Å². The van der Waals surface area contributed by atoms with Gasteiger partial charge < -0.3 is 10.1 Å². The predicted octanol–water partition coefficient (Wildman–Crippen LogP) is 1.68. The van der Waals surface area contributed by atoms with Crippen molar-refractivity contribution in [2.75, 3.05) is 39.4 Å². The molecule has 1 aliphatic heterocycles. The lowest BCUT2D eigenvalue weighted by atomic mass is 9.96. The maximum absolute atomic E-state index is 12.5. The molecule has 162 valence electrons. The van der Waals surface area contributed by atoms with Crippen LogP contribution < -0.4 is 10.0 Å². The zero-order valence-electron chi connectivity index (χ0n) is 17.1. The third kappa shape index (κ3) is 7.37. The first kappa shape index (κ1) is 22.2. The Labute approximate surface area is 174 Å². The number of carbonyl (C=O) groups excluding carboxylic acids is 1. The fourth-order valence-corrected chi connectivity index (χ4v) is 5.17. The molecule has 1 aromatic rings. The summed E-state index contributed by atoms with van der Waals surface area (Å²) in [5.74, 6) is 0.0222. The topological polar surface area (TPSA) is 87.7 Å². The lowest BCUT2D eigenvalue weighted by Gasteiger charge is -2.26. The van der Waals surface area contributed by atoms with E-state index >= 15 is 0 Å². The van der Waals surface area contributed by atoms with Gasteiger partial charge in [0, 0.05) is 38.6 Å². The zero-order valence-corrected chi connectivity index (χ0v) is 17.9. The smallest absolute Gasteiger partial charge is 0.240 e. The fraction of sp³-hybridized carbons (Fsp3) is 0.667. The van der Waals surface area contributed by atoms with E-state index in [9.17, 15) is 13.2 Å². The van der Waals surface area contributed by atoms with Gasteiger partial charge in [0.15, 0.2) is 0 Å². The molecule has 2 N–H and O–H groups in total. The average Bonchev–Trinajstić information content (AvgIpc) is 2.74. The van der Waals surface area contributed by atoms with Crippen molar-refractivity contribution in [3.05, 3.63) is 29.8 Å². The number of sulfonamides is 1. The molecule has 0 aromatic heterocycles. The first-order valence-corrected chi connectivity index (χ1v) is 12.2. The lowest BCUT2D eigenvalue weighted by Crippen LogP contribution is -2.41. The Balaban J connectivity index is 1.39. The van der Waals surface area contributed by atoms with Crippen LogP contribution in [0.15, 0.2) is 29.2 Å². The standard InChI is InChI=1S/C21H33N3O4S/c25-21(22-12-13-24-14-16-28-17-15-24)11-8-18-6-9-20(10-7-18)29(26,27)23-19-4-2-1-3-5-19/h6-7,9-10,19,23H,1-5,8,11-17H2,(H,22,25). The van der Waals surface area contributed by atoms with Gasteiger partial charge in [-0.1, -0.05) is 31.4 Å². The highest BCUT2D eigenvalue weighted by Crippen LogP contribution is 2.20. The summed E-state index contributed by atoms with van der Waals surface area (Å²) in [6.07, 6.45) is 6.18. The molecule has 1 saturated heterocycles. The van der Waals surface area contributed by atoms with Crippen molar-refractivity contribution >= 4 is 15.9 Å². The molecule has 0 radical (unpaired) electrons. The third-order valence-electron chi connectivity index (χ3n) is 5.66. The molecule has 1 heterocycles. The highest BCUT2D eigenvalue weighted by atomic mass is 32.2. The molecule has 0 atom stereocenters. The second kappa shape index (κ2) is 11.1. The highest BCUT2D eigenvalue weighted by Gasteiger charge is 2.21. The summed E-state index contributed by atoms with van der Waals surface area (Å²) in [7, 11) is -3.47. The van der Waals surface area contributed by atoms with Crippen LogP contribution in [0, 0.1) is 0 Å². The van der Waals surface area contributed by atoms with Gasteiger partial charge in [-0.15, -0.1) is 0 Å². The van der Waals surface area contributed by atoms with Crippen molar-refractivity contribution in [1.29, 1.82) is 0 Å². The van der Waals surface area contributed by atoms with Crippen molar-refractivity contribution < 1.29 is 17.9 Å². The Hall–Kier alpha value is -1.48. The number of nitrogens with zero attached hydrogens (tertiary/aromatic N) is 1. The summed E-state index contributed by atoms with van der Waals surface area (Å²) >= 11 is 0. The number of carbonyl (C=O) groups is 1. The molecule has 1 saturated carbocycles. The monoisotopic (exact) mass is 423 g/mol. The van der Waals surface area contributed by atoms with Crippen molar-refractivity contribution in [2.24, 2.45) is 0 Å². The van der Waals surface area contributed by atoms with Crippen LogP contribution in [0.3, 0.4) is 0 Å². The Morgan fingerprint density at radius 2 is 1.76 bits per heavy atom. The van der Waals surface area contributed by atoms with Crippen molar-refractivity contribution in [1.82, 2.24) is 14.9 Å². The van der Waals surface area contributed by atoms with Crippen LogP contribution in [0.2, 0.25) is 0 Å². The molecule has 0 spiro atoms. The van der Waals surface area contributed by atoms with Crippen LogP contribution in [0.25, 0.3) is 0 Å². The summed E-state index contributed by atoms with van der Waals surface area (Å²) in [4.78, 5) is 14.6. The van der Waals surface area contributed by atoms with Gasteiger partial charge in [-0.05, 0) is 37.0 Å². The number of amides is 1. The van der Waals surface area contributed by atoms with Crippen LogP contribution in [-0.4, -0.2) is 64.7 Å². The Bertz CT molecular complexity index is 740. The number of ether oxygens (including phenoxy) is 1. The molecule has 8 heteroatoms. The quantitative estimate of drug-likeness (QED) is 0.631. The number of hydrogen-bond donors (Lipinski definition) is 2. The van der Waals surface area contributed by atoms with E-state index in [2.05, 4.69) is 14.9 Å². The van der Waals surface area contributed by atoms with E-state index in [1.54, 1.807) is 24.3 Å². The molecule has 1 amide bonds. The van der Waals surface area contributed by atoms with E-state index in [1.807, 2.05) is 0 Å². The molecular formula is C21H33N3O4S. The van der Waals surface area contributed by atoms with Crippen LogP contribution >= 0.6 is 0 Å². The molecular weight excluding hydrogens is 390 g/mol. The Morgan fingerprint density at radius 3 is 2.45 bits per heavy atom. The summed E-state index contributed by atoms with van der Waals surface area (Å²) in [5.41, 5.74) is 0.963. The average molecular weight is 424 g/mol. The molecule has 2 fully saturated rings. The zero-order chi connectivity index (χ0) is 20.5. The maximum atomic E-state index is 12.5. The summed E-state index contributed by atoms with van der Waals surface area (Å²) in [6.45, 7) is 4.84. The molecule has 0 unspecified atom stereocenters. The minimum atomic E-state index is -3.47. The van der Waals surface area contributed by atoms with E-state index in [0.29, 0.717) is 24.3 Å². The van der Waals surface area contributed by atoms with Crippen molar-refractivity contribution in [2.45, 2.75) is 55.9 Å². The van der Waals surface area contributed by atoms with Gasteiger partial charge in [-0.3, -0.25) is 9.69 Å². The number of hydrogen-bond acceptors (Lipinski definition) is 5. The van der Waals surface area contributed by atoms with Gasteiger partial charge in [0.2, 0.25) is 15.9 Å². The minimum absolute atomic E-state index is 0.0222. The fourth-order valence-electron chi connectivity index (χ4n) is 3.87. The highest BCUT2D eigenvalue weighted by molar-refractivity contribution is 7.89. The predicted molar refractivity (Wildman–Crippen MR) is 112 cm³/mol. The van der Waals surface area contributed by atoms with Crippen LogP contribution in [0.4, 0.5) is 0 Å². The SMILES string of the molecule is O=C(CCc1ccc(S(=O)(=O)NC2CCCCC2)cc1)NCCN1CCOCC1. The molecule has 1 aliphatic carbocycles. The first-order chi connectivity index (χ1) is 14.0. The number of rotatable bonds is 9. The van der Waals surface area contributed by atoms with E-state index in [-0.39, 0.29) is 11.9 Å². The summed E-state index contributed by atoms with van der Waals surface area (Å²) in [5, 5.41) is 2.95. The minimum Gasteiger partial charge on any atom is -0.379 e. The maximum Gasteiger partial charge on any atom is 0.240 e. The third-order valence-corrected chi connectivity index (χ3v) is 7.19. The lowest BCUT2D eigenvalue weighted by molar-refractivity contribution is -0.121.